The van der Waals surface area contributed by atoms with Crippen LogP contribution in [-0.4, -0.2) is 57.8 Å². The highest BCUT2D eigenvalue weighted by Gasteiger charge is 2.27. The number of nitrogens with one attached hydrogen (secondary N) is 2. The zero-order chi connectivity index (χ0) is 21.7. The van der Waals surface area contributed by atoms with Crippen molar-refractivity contribution in [1.29, 1.82) is 0 Å². The fourth-order valence-corrected chi connectivity index (χ4v) is 6.63. The Morgan fingerprint density at radius 1 is 1.19 bits per heavy atom. The van der Waals surface area contributed by atoms with Gasteiger partial charge in [0.1, 0.15) is 16.9 Å². The Balaban J connectivity index is 1.13. The van der Waals surface area contributed by atoms with Crippen LogP contribution in [0, 0.1) is 0 Å². The van der Waals surface area contributed by atoms with Gasteiger partial charge in [0.2, 0.25) is 0 Å². The molecule has 2 aliphatic heterocycles. The van der Waals surface area contributed by atoms with E-state index in [1.54, 1.807) is 22.6 Å². The molecule has 9 heteroatoms. The van der Waals surface area contributed by atoms with Crippen LogP contribution >= 0.6 is 11.3 Å². The Morgan fingerprint density at radius 2 is 2.03 bits per heavy atom. The number of rotatable bonds is 4. The second kappa shape index (κ2) is 8.06. The van der Waals surface area contributed by atoms with Gasteiger partial charge in [0.25, 0.3) is 5.56 Å². The van der Waals surface area contributed by atoms with Crippen molar-refractivity contribution in [2.75, 3.05) is 33.2 Å². The largest absolute Gasteiger partial charge is 0.333 e. The molecule has 5 heterocycles. The third kappa shape index (κ3) is 3.44. The Bertz CT molecular complexity index is 1330. The number of benzene rings is 1. The first kappa shape index (κ1) is 20.0. The lowest BCUT2D eigenvalue weighted by molar-refractivity contribution is -0.906. The molecule has 2 aliphatic rings. The highest BCUT2D eigenvalue weighted by Crippen LogP contribution is 2.28. The van der Waals surface area contributed by atoms with Gasteiger partial charge in [-0.05, 0) is 17.7 Å². The van der Waals surface area contributed by atoms with Gasteiger partial charge in [0.05, 0.1) is 67.9 Å². The summed E-state index contributed by atoms with van der Waals surface area (Å²) in [5, 5.41) is 9.61. The monoisotopic (exact) mass is 451 g/mol. The Hall–Kier alpha value is -2.62. The number of nitrogens with zero attached hydrogens (tertiary/aromatic N) is 5. The molecule has 1 unspecified atom stereocenters. The molecule has 0 radical (unpaired) electrons. The van der Waals surface area contributed by atoms with E-state index in [1.165, 1.54) is 15.3 Å². The maximum absolute atomic E-state index is 13.2. The predicted octanol–water partition coefficient (Wildman–Crippen LogP) is -0.306. The molecule has 3 aromatic heterocycles. The van der Waals surface area contributed by atoms with Crippen molar-refractivity contribution >= 4 is 32.6 Å². The van der Waals surface area contributed by atoms with Gasteiger partial charge in [-0.3, -0.25) is 9.36 Å². The van der Waals surface area contributed by atoms with Crippen LogP contribution in [0.1, 0.15) is 29.3 Å². The summed E-state index contributed by atoms with van der Waals surface area (Å²) in [5.41, 5.74) is 3.50. The summed E-state index contributed by atoms with van der Waals surface area (Å²) in [5.74, 6) is 0. The molecule has 1 saturated heterocycles. The number of likely N-dealkylation sites (N-methyl/N-ethyl adjacent to an activating group) is 1. The van der Waals surface area contributed by atoms with Crippen LogP contribution in [0.2, 0.25) is 0 Å². The average molecular weight is 452 g/mol. The number of thiophene rings is 1. The molecule has 32 heavy (non-hydrogen) atoms. The van der Waals surface area contributed by atoms with E-state index in [2.05, 4.69) is 39.2 Å². The van der Waals surface area contributed by atoms with Gasteiger partial charge in [0, 0.05) is 19.3 Å². The van der Waals surface area contributed by atoms with E-state index in [0.29, 0.717) is 6.04 Å². The summed E-state index contributed by atoms with van der Waals surface area (Å²) in [6.07, 6.45) is 4.92. The van der Waals surface area contributed by atoms with Crippen LogP contribution in [0.3, 0.4) is 0 Å². The number of likely N-dealkylation sites (tertiary alicyclic amines) is 1. The van der Waals surface area contributed by atoms with Crippen LogP contribution in [0.15, 0.2) is 35.4 Å². The molecule has 0 bridgehead atoms. The normalized spacial score (nSPS) is 23.6. The van der Waals surface area contributed by atoms with Crippen molar-refractivity contribution in [1.82, 2.24) is 24.5 Å². The smallest absolute Gasteiger partial charge is 0.262 e. The molecular formula is C23H29N7OS+2. The molecule has 8 nitrogen and oxygen atoms in total. The predicted molar refractivity (Wildman–Crippen MR) is 124 cm³/mol. The molecule has 1 atom stereocenters. The number of piperidine rings is 1. The van der Waals surface area contributed by atoms with E-state index >= 15 is 0 Å². The van der Waals surface area contributed by atoms with E-state index < -0.39 is 0 Å². The van der Waals surface area contributed by atoms with Crippen molar-refractivity contribution in [3.8, 4) is 0 Å². The summed E-state index contributed by atoms with van der Waals surface area (Å²) < 4.78 is 3.94. The van der Waals surface area contributed by atoms with Crippen LogP contribution in [0.4, 0.5) is 0 Å². The molecule has 0 spiro atoms. The number of hydrogen-bond donors (Lipinski definition) is 2. The summed E-state index contributed by atoms with van der Waals surface area (Å²) in [6.45, 7) is 5.96. The van der Waals surface area contributed by atoms with Crippen molar-refractivity contribution in [3.05, 3.63) is 51.4 Å². The third-order valence-corrected chi connectivity index (χ3v) is 8.36. The first-order valence-electron chi connectivity index (χ1n) is 11.6. The Morgan fingerprint density at radius 3 is 2.91 bits per heavy atom. The zero-order valence-electron chi connectivity index (χ0n) is 18.4. The summed E-state index contributed by atoms with van der Waals surface area (Å²) in [4.78, 5) is 23.2. The second-order valence-electron chi connectivity index (χ2n) is 9.31. The van der Waals surface area contributed by atoms with Crippen LogP contribution < -0.4 is 15.4 Å². The zero-order valence-corrected chi connectivity index (χ0v) is 19.2. The van der Waals surface area contributed by atoms with Crippen molar-refractivity contribution in [2.45, 2.75) is 38.4 Å². The maximum atomic E-state index is 13.2. The third-order valence-electron chi connectivity index (χ3n) is 7.22. The highest BCUT2D eigenvalue weighted by molar-refractivity contribution is 7.18. The maximum Gasteiger partial charge on any atom is 0.262 e. The van der Waals surface area contributed by atoms with Crippen molar-refractivity contribution < 1.29 is 9.80 Å². The fourth-order valence-electron chi connectivity index (χ4n) is 5.34. The minimum atomic E-state index is 0.149. The minimum absolute atomic E-state index is 0.149. The van der Waals surface area contributed by atoms with Gasteiger partial charge in [-0.2, -0.15) is 0 Å². The molecule has 6 rings (SSSR count). The molecule has 4 aromatic rings. The Labute approximate surface area is 190 Å². The van der Waals surface area contributed by atoms with Gasteiger partial charge in [-0.1, -0.05) is 17.3 Å². The van der Waals surface area contributed by atoms with E-state index in [1.807, 2.05) is 16.7 Å². The number of aromatic nitrogens is 5. The lowest BCUT2D eigenvalue weighted by Crippen LogP contribution is -3.13. The average Bonchev–Trinajstić information content (AvgIpc) is 3.40. The van der Waals surface area contributed by atoms with E-state index in [0.717, 1.165) is 79.8 Å². The van der Waals surface area contributed by atoms with E-state index in [-0.39, 0.29) is 5.56 Å². The number of quaternary nitrogens is 2. The van der Waals surface area contributed by atoms with Gasteiger partial charge >= 0.3 is 0 Å². The van der Waals surface area contributed by atoms with Gasteiger partial charge in [-0.25, -0.2) is 9.67 Å². The van der Waals surface area contributed by atoms with Crippen LogP contribution in [-0.2, 0) is 19.5 Å². The van der Waals surface area contributed by atoms with Crippen LogP contribution in [0.5, 0.6) is 0 Å². The quantitative estimate of drug-likeness (QED) is 0.447. The SMILES string of the molecule is C[NH+]1CCc2c(sc3ncn(CC[NH+]4CCC(n5nnc6ccccc65)CC4)c(=O)c23)C1. The van der Waals surface area contributed by atoms with Crippen molar-refractivity contribution in [3.63, 3.8) is 0 Å². The number of hydrogen-bond acceptors (Lipinski definition) is 5. The Kier molecular flexibility index (Phi) is 5.04. The van der Waals surface area contributed by atoms with Gasteiger partial charge in [0.15, 0.2) is 0 Å². The summed E-state index contributed by atoms with van der Waals surface area (Å²) >= 11 is 1.71. The lowest BCUT2D eigenvalue weighted by Gasteiger charge is -2.29. The van der Waals surface area contributed by atoms with E-state index in [4.69, 9.17) is 0 Å². The molecule has 2 N–H and O–H groups in total. The minimum Gasteiger partial charge on any atom is -0.333 e. The summed E-state index contributed by atoms with van der Waals surface area (Å²) in [6, 6.07) is 8.59. The number of fused-ring (bicyclic) bond motifs is 4. The molecule has 0 saturated carbocycles. The topological polar surface area (TPSA) is 74.5 Å². The van der Waals surface area contributed by atoms with E-state index in [9.17, 15) is 4.79 Å². The molecule has 166 valence electrons. The van der Waals surface area contributed by atoms with Gasteiger partial charge < -0.3 is 9.80 Å². The number of para-hydroxylation sites is 1. The summed E-state index contributed by atoms with van der Waals surface area (Å²) in [7, 11) is 2.22. The molecule has 0 amide bonds. The highest BCUT2D eigenvalue weighted by atomic mass is 32.1. The molecular weight excluding hydrogens is 422 g/mol. The fraction of sp³-hybridized carbons (Fsp3) is 0.478. The first-order valence-corrected chi connectivity index (χ1v) is 12.4. The van der Waals surface area contributed by atoms with Gasteiger partial charge in [-0.15, -0.1) is 16.4 Å². The molecule has 1 fully saturated rings. The van der Waals surface area contributed by atoms with Crippen molar-refractivity contribution in [2.24, 2.45) is 0 Å². The standard InChI is InChI=1S/C23H27N7OS/c1-27-9-8-17-20(14-27)32-22-21(17)23(31)29(15-24-22)13-12-28-10-6-16(7-11-28)30-19-5-3-2-4-18(19)25-26-30/h2-5,15-16H,6-14H2,1H3/p+2. The second-order valence-corrected chi connectivity index (χ2v) is 10.4. The first-order chi connectivity index (χ1) is 15.7. The lowest BCUT2D eigenvalue weighted by atomic mass is 10.0. The van der Waals surface area contributed by atoms with Crippen LogP contribution in [0.25, 0.3) is 21.3 Å². The molecule has 1 aromatic carbocycles. The molecule has 0 aliphatic carbocycles.